The Kier molecular flexibility index (Phi) is 10.9. The normalized spacial score (nSPS) is 9.83. The summed E-state index contributed by atoms with van der Waals surface area (Å²) in [5.74, 6) is -2.39. The van der Waals surface area contributed by atoms with Crippen molar-refractivity contribution >= 4 is 17.9 Å². The van der Waals surface area contributed by atoms with Crippen molar-refractivity contribution in [3.05, 3.63) is 29.8 Å². The predicted octanol–water partition coefficient (Wildman–Crippen LogP) is 2.29. The van der Waals surface area contributed by atoms with Gasteiger partial charge in [0.2, 0.25) is 0 Å². The molecule has 0 spiro atoms. The fourth-order valence-corrected chi connectivity index (χ4v) is 1.84. The van der Waals surface area contributed by atoms with Crippen LogP contribution in [0.2, 0.25) is 0 Å². The van der Waals surface area contributed by atoms with Gasteiger partial charge in [0.25, 0.3) is 5.97 Å². The van der Waals surface area contributed by atoms with E-state index in [-0.39, 0.29) is 17.7 Å². The van der Waals surface area contributed by atoms with Crippen LogP contribution in [-0.2, 0) is 14.3 Å². The number of esters is 2. The molecule has 0 aromatic heterocycles. The van der Waals surface area contributed by atoms with Gasteiger partial charge in [-0.05, 0) is 38.2 Å². The first-order valence-corrected chi connectivity index (χ1v) is 7.76. The maximum atomic E-state index is 11.7. The topological polar surface area (TPSA) is 104 Å². The average molecular weight is 339 g/mol. The molecule has 0 saturated carbocycles. The number of hydrogen-bond acceptors (Lipinski definition) is 6. The largest absolute Gasteiger partial charge is 0.507 e. The molecular formula is C17H25NO6. The van der Waals surface area contributed by atoms with E-state index in [1.165, 1.54) is 12.1 Å². The van der Waals surface area contributed by atoms with E-state index in [2.05, 4.69) is 18.7 Å². The smallest absolute Gasteiger partial charge is 0.349 e. The molecule has 0 saturated heterocycles. The van der Waals surface area contributed by atoms with Crippen molar-refractivity contribution in [2.75, 3.05) is 19.6 Å². The van der Waals surface area contributed by atoms with Gasteiger partial charge in [0.15, 0.2) is 0 Å². The Morgan fingerprint density at radius 3 is 2.17 bits per heavy atom. The van der Waals surface area contributed by atoms with Crippen molar-refractivity contribution in [1.82, 2.24) is 4.90 Å². The molecule has 7 heteroatoms. The van der Waals surface area contributed by atoms with Gasteiger partial charge >= 0.3 is 11.9 Å². The van der Waals surface area contributed by atoms with Crippen molar-refractivity contribution in [3.63, 3.8) is 0 Å². The summed E-state index contributed by atoms with van der Waals surface area (Å²) in [6.45, 7) is 7.87. The van der Waals surface area contributed by atoms with Gasteiger partial charge in [-0.3, -0.25) is 9.59 Å². The fourth-order valence-electron chi connectivity index (χ4n) is 1.84. The quantitative estimate of drug-likeness (QED) is 0.580. The van der Waals surface area contributed by atoms with Gasteiger partial charge in [-0.25, -0.2) is 4.79 Å². The predicted molar refractivity (Wildman–Crippen MR) is 88.9 cm³/mol. The lowest BCUT2D eigenvalue weighted by atomic mass is 10.2. The Balaban J connectivity index is 0.00000118. The number of aliphatic carboxylic acids is 1. The minimum Gasteiger partial charge on any atom is -0.507 e. The van der Waals surface area contributed by atoms with Crippen LogP contribution in [0.3, 0.4) is 0 Å². The molecule has 0 aliphatic rings. The monoisotopic (exact) mass is 339 g/mol. The van der Waals surface area contributed by atoms with Crippen molar-refractivity contribution < 1.29 is 29.3 Å². The standard InChI is InChI=1S/C15H21NO4.C2H4O2/c1-3-16(4-2)11-7-10-14(18)20-15(19)12-8-5-6-9-13(12)17;1-2(3)4/h5-6,8-9,17H,3-4,7,10-11H2,1-2H3;1H3,(H,3,4). The number of carboxylic acids is 1. The highest BCUT2D eigenvalue weighted by molar-refractivity contribution is 5.98. The van der Waals surface area contributed by atoms with Gasteiger partial charge in [-0.1, -0.05) is 26.0 Å². The molecule has 0 radical (unpaired) electrons. The number of carboxylic acid groups (broad SMARTS) is 1. The third kappa shape index (κ3) is 9.58. The molecule has 0 aliphatic carbocycles. The molecule has 2 N–H and O–H groups in total. The van der Waals surface area contributed by atoms with Crippen LogP contribution in [0.5, 0.6) is 5.75 Å². The van der Waals surface area contributed by atoms with E-state index in [9.17, 15) is 14.7 Å². The molecule has 0 bridgehead atoms. The molecule has 0 atom stereocenters. The van der Waals surface area contributed by atoms with Crippen molar-refractivity contribution in [3.8, 4) is 5.75 Å². The van der Waals surface area contributed by atoms with Crippen molar-refractivity contribution in [1.29, 1.82) is 0 Å². The molecule has 134 valence electrons. The first kappa shape index (κ1) is 21.6. The van der Waals surface area contributed by atoms with Crippen molar-refractivity contribution in [2.45, 2.75) is 33.6 Å². The van der Waals surface area contributed by atoms with Crippen LogP contribution in [0.1, 0.15) is 44.0 Å². The summed E-state index contributed by atoms with van der Waals surface area (Å²) in [5.41, 5.74) is 0.00425. The van der Waals surface area contributed by atoms with E-state index >= 15 is 0 Å². The van der Waals surface area contributed by atoms with E-state index in [4.69, 9.17) is 14.6 Å². The van der Waals surface area contributed by atoms with Crippen LogP contribution in [-0.4, -0.2) is 52.7 Å². The van der Waals surface area contributed by atoms with Crippen LogP contribution < -0.4 is 0 Å². The summed E-state index contributed by atoms with van der Waals surface area (Å²) in [4.78, 5) is 34.4. The summed E-state index contributed by atoms with van der Waals surface area (Å²) in [5, 5.41) is 16.9. The lowest BCUT2D eigenvalue weighted by Gasteiger charge is -2.17. The van der Waals surface area contributed by atoms with E-state index in [1.807, 2.05) is 0 Å². The maximum absolute atomic E-state index is 11.7. The Morgan fingerprint density at radius 1 is 1.12 bits per heavy atom. The van der Waals surface area contributed by atoms with E-state index in [0.29, 0.717) is 6.42 Å². The molecule has 24 heavy (non-hydrogen) atoms. The Hall–Kier alpha value is -2.41. The first-order chi connectivity index (χ1) is 11.3. The number of hydrogen-bond donors (Lipinski definition) is 2. The number of phenols is 1. The third-order valence-corrected chi connectivity index (χ3v) is 3.08. The van der Waals surface area contributed by atoms with Crippen LogP contribution in [0.15, 0.2) is 24.3 Å². The number of carbonyl (C=O) groups excluding carboxylic acids is 2. The molecule has 1 rings (SSSR count). The van der Waals surface area contributed by atoms with Crippen LogP contribution in [0.25, 0.3) is 0 Å². The second kappa shape index (κ2) is 12.1. The molecule has 0 heterocycles. The summed E-state index contributed by atoms with van der Waals surface area (Å²) < 4.78 is 4.71. The first-order valence-electron chi connectivity index (χ1n) is 7.76. The summed E-state index contributed by atoms with van der Waals surface area (Å²) in [6, 6.07) is 5.99. The summed E-state index contributed by atoms with van der Waals surface area (Å²) >= 11 is 0. The number of benzene rings is 1. The number of phenolic OH excluding ortho intramolecular Hbond substituents is 1. The number of aromatic hydroxyl groups is 1. The van der Waals surface area contributed by atoms with Gasteiger partial charge in [0.1, 0.15) is 11.3 Å². The minimum absolute atomic E-state index is 0.00425. The van der Waals surface area contributed by atoms with Crippen molar-refractivity contribution in [2.24, 2.45) is 0 Å². The zero-order chi connectivity index (χ0) is 18.5. The second-order valence-corrected chi connectivity index (χ2v) is 4.93. The third-order valence-electron chi connectivity index (χ3n) is 3.08. The lowest BCUT2D eigenvalue weighted by Crippen LogP contribution is -2.24. The Labute approximate surface area is 141 Å². The number of nitrogens with zero attached hydrogens (tertiary/aromatic N) is 1. The van der Waals surface area contributed by atoms with Gasteiger partial charge in [-0.15, -0.1) is 0 Å². The highest BCUT2D eigenvalue weighted by Crippen LogP contribution is 2.16. The highest BCUT2D eigenvalue weighted by atomic mass is 16.6. The summed E-state index contributed by atoms with van der Waals surface area (Å²) in [6.07, 6.45) is 0.838. The van der Waals surface area contributed by atoms with Crippen LogP contribution in [0.4, 0.5) is 0 Å². The van der Waals surface area contributed by atoms with E-state index < -0.39 is 17.9 Å². The molecule has 0 amide bonds. The molecule has 1 aromatic carbocycles. The highest BCUT2D eigenvalue weighted by Gasteiger charge is 2.16. The number of rotatable bonds is 7. The number of para-hydroxylation sites is 1. The minimum atomic E-state index is -0.833. The number of ether oxygens (including phenoxy) is 1. The molecule has 7 nitrogen and oxygen atoms in total. The van der Waals surface area contributed by atoms with Gasteiger partial charge in [0, 0.05) is 13.3 Å². The lowest BCUT2D eigenvalue weighted by molar-refractivity contribution is -0.138. The summed E-state index contributed by atoms with van der Waals surface area (Å²) in [7, 11) is 0. The molecule has 1 aromatic rings. The molecule has 0 fully saturated rings. The average Bonchev–Trinajstić information content (AvgIpc) is 2.51. The second-order valence-electron chi connectivity index (χ2n) is 4.93. The van der Waals surface area contributed by atoms with E-state index in [1.54, 1.807) is 12.1 Å². The van der Waals surface area contributed by atoms with Gasteiger partial charge in [-0.2, -0.15) is 0 Å². The van der Waals surface area contributed by atoms with E-state index in [0.717, 1.165) is 26.6 Å². The SMILES string of the molecule is CC(=O)O.CCN(CC)CCCC(=O)OC(=O)c1ccccc1O. The number of carbonyl (C=O) groups is 3. The Bertz CT molecular complexity index is 536. The molecular weight excluding hydrogens is 314 g/mol. The maximum Gasteiger partial charge on any atom is 0.349 e. The molecule has 0 aliphatic heterocycles. The Morgan fingerprint density at radius 2 is 1.67 bits per heavy atom. The fraction of sp³-hybridized carbons (Fsp3) is 0.471. The zero-order valence-electron chi connectivity index (χ0n) is 14.3. The molecule has 0 unspecified atom stereocenters. The van der Waals surface area contributed by atoms with Crippen LogP contribution >= 0.6 is 0 Å². The van der Waals surface area contributed by atoms with Gasteiger partial charge in [0.05, 0.1) is 0 Å². The zero-order valence-corrected chi connectivity index (χ0v) is 14.3. The van der Waals surface area contributed by atoms with Crippen LogP contribution in [0, 0.1) is 0 Å². The van der Waals surface area contributed by atoms with Gasteiger partial charge < -0.3 is 19.8 Å².